The van der Waals surface area contributed by atoms with Crippen molar-refractivity contribution in [3.8, 4) is 0 Å². The van der Waals surface area contributed by atoms with Gasteiger partial charge in [-0.25, -0.2) is 0 Å². The number of hydrogen-bond donors (Lipinski definition) is 0. The molecule has 2 aromatic rings. The third kappa shape index (κ3) is 2.57. The lowest BCUT2D eigenvalue weighted by atomic mass is 10.1. The summed E-state index contributed by atoms with van der Waals surface area (Å²) in [5.74, 6) is 0.0403. The molecule has 1 aromatic carbocycles. The van der Waals surface area contributed by atoms with Gasteiger partial charge in [-0.15, -0.1) is 11.3 Å². The molecule has 0 fully saturated rings. The maximum absolute atomic E-state index is 12.1. The van der Waals surface area contributed by atoms with Crippen LogP contribution in [0.2, 0.25) is 5.02 Å². The molecule has 2 rings (SSSR count). The minimum Gasteiger partial charge on any atom is -0.383 e. The third-order valence-electron chi connectivity index (χ3n) is 2.65. The van der Waals surface area contributed by atoms with Crippen LogP contribution < -0.4 is 0 Å². The van der Waals surface area contributed by atoms with Gasteiger partial charge in [0.05, 0.1) is 4.88 Å². The maximum atomic E-state index is 12.1. The van der Waals surface area contributed by atoms with Gasteiger partial charge in [0.15, 0.2) is 5.78 Å². The highest BCUT2D eigenvalue weighted by molar-refractivity contribution is 7.21. The van der Waals surface area contributed by atoms with Gasteiger partial charge in [-0.1, -0.05) is 11.6 Å². The second-order valence-electron chi connectivity index (χ2n) is 4.34. The van der Waals surface area contributed by atoms with E-state index in [1.165, 1.54) is 11.3 Å². The van der Waals surface area contributed by atoms with Gasteiger partial charge in [-0.3, -0.25) is 4.79 Å². The number of halogens is 1. The van der Waals surface area contributed by atoms with E-state index in [1.54, 1.807) is 12.3 Å². The molecule has 0 radical (unpaired) electrons. The van der Waals surface area contributed by atoms with E-state index in [4.69, 9.17) is 11.6 Å². The summed E-state index contributed by atoms with van der Waals surface area (Å²) in [7, 11) is 3.78. The molecule has 1 aromatic heterocycles. The Morgan fingerprint density at radius 1 is 1.39 bits per heavy atom. The zero-order valence-corrected chi connectivity index (χ0v) is 12.1. The predicted octanol–water partition coefficient (Wildman–Crippen LogP) is 4.12. The second-order valence-corrected chi connectivity index (χ2v) is 5.83. The Labute approximate surface area is 115 Å². The number of thiophene rings is 1. The zero-order valence-electron chi connectivity index (χ0n) is 10.5. The van der Waals surface area contributed by atoms with Crippen molar-refractivity contribution in [1.29, 1.82) is 0 Å². The van der Waals surface area contributed by atoms with Crippen LogP contribution >= 0.6 is 22.9 Å². The number of ketones is 1. The number of allylic oxidation sites excluding steroid dienone is 1. The van der Waals surface area contributed by atoms with E-state index in [9.17, 15) is 4.79 Å². The highest BCUT2D eigenvalue weighted by atomic mass is 35.5. The number of carbonyl (C=O) groups is 1. The van der Waals surface area contributed by atoms with Gasteiger partial charge in [0.2, 0.25) is 0 Å². The second kappa shape index (κ2) is 5.12. The Bertz CT molecular complexity index is 628. The number of aryl methyl sites for hydroxylation is 1. The fraction of sp³-hybridized carbons (Fsp3) is 0.214. The van der Waals surface area contributed by atoms with Gasteiger partial charge < -0.3 is 4.90 Å². The van der Waals surface area contributed by atoms with Gasteiger partial charge in [0.1, 0.15) is 0 Å². The van der Waals surface area contributed by atoms with E-state index in [2.05, 4.69) is 0 Å². The average molecular weight is 280 g/mol. The molecule has 0 amide bonds. The highest BCUT2D eigenvalue weighted by Gasteiger charge is 2.13. The first-order valence-corrected chi connectivity index (χ1v) is 6.76. The van der Waals surface area contributed by atoms with E-state index in [-0.39, 0.29) is 5.78 Å². The maximum Gasteiger partial charge on any atom is 0.197 e. The van der Waals surface area contributed by atoms with Crippen molar-refractivity contribution < 1.29 is 4.79 Å². The van der Waals surface area contributed by atoms with Crippen molar-refractivity contribution in [2.45, 2.75) is 6.92 Å². The van der Waals surface area contributed by atoms with Gasteiger partial charge >= 0.3 is 0 Å². The molecule has 2 nitrogen and oxygen atoms in total. The minimum atomic E-state index is 0.0403. The van der Waals surface area contributed by atoms with Crippen LogP contribution in [-0.2, 0) is 0 Å². The van der Waals surface area contributed by atoms with E-state index >= 15 is 0 Å². The molecule has 0 saturated heterocycles. The minimum absolute atomic E-state index is 0.0403. The molecule has 18 heavy (non-hydrogen) atoms. The molecule has 0 aliphatic rings. The summed E-state index contributed by atoms with van der Waals surface area (Å²) in [6.07, 6.45) is 3.36. The number of fused-ring (bicyclic) bond motifs is 1. The van der Waals surface area contributed by atoms with Crippen LogP contribution in [-0.4, -0.2) is 24.8 Å². The SMILES string of the molecule is Cc1c(C(=O)/C=C/N(C)C)sc2ccc(Cl)cc12. The molecule has 0 saturated carbocycles. The molecule has 0 N–H and O–H groups in total. The molecule has 0 bridgehead atoms. The van der Waals surface area contributed by atoms with Crippen molar-refractivity contribution in [1.82, 2.24) is 4.90 Å². The third-order valence-corrected chi connectivity index (χ3v) is 4.17. The predicted molar refractivity (Wildman–Crippen MR) is 78.7 cm³/mol. The van der Waals surface area contributed by atoms with Crippen molar-refractivity contribution in [2.24, 2.45) is 0 Å². The van der Waals surface area contributed by atoms with E-state index in [0.29, 0.717) is 5.02 Å². The molecular weight excluding hydrogens is 266 g/mol. The standard InChI is InChI=1S/C14H14ClNOS/c1-9-11-8-10(15)4-5-13(11)18-14(9)12(17)6-7-16(2)3/h4-8H,1-3H3/b7-6+. The first-order chi connectivity index (χ1) is 8.49. The summed E-state index contributed by atoms with van der Waals surface area (Å²) in [6, 6.07) is 5.72. The van der Waals surface area contributed by atoms with Crippen LogP contribution in [0.4, 0.5) is 0 Å². The largest absolute Gasteiger partial charge is 0.383 e. The van der Waals surface area contributed by atoms with Crippen LogP contribution in [0.1, 0.15) is 15.2 Å². The van der Waals surface area contributed by atoms with Crippen molar-refractivity contribution in [2.75, 3.05) is 14.1 Å². The number of nitrogens with zero attached hydrogens (tertiary/aromatic N) is 1. The topological polar surface area (TPSA) is 20.3 Å². The number of rotatable bonds is 3. The van der Waals surface area contributed by atoms with E-state index in [1.807, 2.05) is 44.1 Å². The summed E-state index contributed by atoms with van der Waals surface area (Å²) in [5.41, 5.74) is 1.01. The van der Waals surface area contributed by atoms with Crippen molar-refractivity contribution >= 4 is 38.8 Å². The monoisotopic (exact) mass is 279 g/mol. The van der Waals surface area contributed by atoms with Gasteiger partial charge in [-0.2, -0.15) is 0 Å². The van der Waals surface area contributed by atoms with E-state index < -0.39 is 0 Å². The Morgan fingerprint density at radius 3 is 2.78 bits per heavy atom. The molecular formula is C14H14ClNOS. The smallest absolute Gasteiger partial charge is 0.197 e. The molecule has 0 spiro atoms. The first kappa shape index (κ1) is 13.1. The summed E-state index contributed by atoms with van der Waals surface area (Å²) < 4.78 is 1.10. The lowest BCUT2D eigenvalue weighted by Gasteiger charge is -2.02. The van der Waals surface area contributed by atoms with Crippen LogP contribution in [0.3, 0.4) is 0 Å². The van der Waals surface area contributed by atoms with Crippen molar-refractivity contribution in [3.05, 3.63) is 45.9 Å². The quantitative estimate of drug-likeness (QED) is 0.622. The van der Waals surface area contributed by atoms with Crippen LogP contribution in [0.25, 0.3) is 10.1 Å². The normalized spacial score (nSPS) is 11.3. The molecule has 4 heteroatoms. The Morgan fingerprint density at radius 2 is 2.11 bits per heavy atom. The highest BCUT2D eigenvalue weighted by Crippen LogP contribution is 2.33. The molecule has 0 aliphatic heterocycles. The van der Waals surface area contributed by atoms with Gasteiger partial charge in [-0.05, 0) is 36.1 Å². The number of benzene rings is 1. The molecule has 94 valence electrons. The summed E-state index contributed by atoms with van der Waals surface area (Å²) in [5, 5.41) is 1.76. The van der Waals surface area contributed by atoms with E-state index in [0.717, 1.165) is 20.5 Å². The molecule has 0 unspecified atom stereocenters. The van der Waals surface area contributed by atoms with Crippen LogP contribution in [0, 0.1) is 6.92 Å². The Kier molecular flexibility index (Phi) is 3.73. The van der Waals surface area contributed by atoms with Crippen LogP contribution in [0.5, 0.6) is 0 Å². The fourth-order valence-corrected chi connectivity index (χ4v) is 3.00. The zero-order chi connectivity index (χ0) is 13.3. The number of carbonyl (C=O) groups excluding carboxylic acids is 1. The van der Waals surface area contributed by atoms with Gasteiger partial charge in [0, 0.05) is 36.1 Å². The summed E-state index contributed by atoms with van der Waals surface area (Å²) in [6.45, 7) is 1.96. The molecule has 1 heterocycles. The Balaban J connectivity index is 2.46. The lowest BCUT2D eigenvalue weighted by Crippen LogP contribution is -2.02. The lowest BCUT2D eigenvalue weighted by molar-refractivity contribution is 0.104. The van der Waals surface area contributed by atoms with Gasteiger partial charge in [0.25, 0.3) is 0 Å². The summed E-state index contributed by atoms with van der Waals surface area (Å²) in [4.78, 5) is 14.7. The fourth-order valence-electron chi connectivity index (χ4n) is 1.72. The summed E-state index contributed by atoms with van der Waals surface area (Å²) >= 11 is 7.50. The first-order valence-electron chi connectivity index (χ1n) is 5.56. The molecule has 0 aliphatic carbocycles. The molecule has 0 atom stereocenters. The number of hydrogen-bond acceptors (Lipinski definition) is 3. The van der Waals surface area contributed by atoms with Crippen LogP contribution in [0.15, 0.2) is 30.5 Å². The Hall–Kier alpha value is -1.32. The van der Waals surface area contributed by atoms with Crippen molar-refractivity contribution in [3.63, 3.8) is 0 Å². The average Bonchev–Trinajstić information content (AvgIpc) is 2.64.